The normalized spacial score (nSPS) is 13.9. The second-order valence-corrected chi connectivity index (χ2v) is 5.92. The number of aliphatic carboxylic acids is 1. The quantitative estimate of drug-likeness (QED) is 0.890. The van der Waals surface area contributed by atoms with Gasteiger partial charge in [-0.2, -0.15) is 0 Å². The lowest BCUT2D eigenvalue weighted by Crippen LogP contribution is -2.32. The lowest BCUT2D eigenvalue weighted by Gasteiger charge is -2.22. The molecular weight excluding hydrogens is 343 g/mol. The van der Waals surface area contributed by atoms with Crippen LogP contribution in [-0.2, 0) is 11.3 Å². The molecule has 1 heterocycles. The minimum atomic E-state index is -1.02. The largest absolute Gasteiger partial charge is 0.481 e. The Bertz CT molecular complexity index is 676. The molecule has 1 unspecified atom stereocenters. The predicted octanol–water partition coefficient (Wildman–Crippen LogP) is 2.74. The highest BCUT2D eigenvalue weighted by Gasteiger charge is 2.33. The minimum Gasteiger partial charge on any atom is -0.481 e. The van der Waals surface area contributed by atoms with Crippen molar-refractivity contribution in [1.29, 1.82) is 0 Å². The molecule has 0 saturated heterocycles. The van der Waals surface area contributed by atoms with Crippen molar-refractivity contribution in [2.45, 2.75) is 26.8 Å². The van der Waals surface area contributed by atoms with E-state index >= 15 is 0 Å². The summed E-state index contributed by atoms with van der Waals surface area (Å²) in [5.74, 6) is -1.21. The molecule has 2 rings (SSSR count). The van der Waals surface area contributed by atoms with Crippen LogP contribution in [0.2, 0.25) is 0 Å². The van der Waals surface area contributed by atoms with Crippen molar-refractivity contribution in [2.75, 3.05) is 0 Å². The van der Waals surface area contributed by atoms with Gasteiger partial charge in [0.05, 0.1) is 17.5 Å². The molecule has 0 radical (unpaired) electrons. The summed E-state index contributed by atoms with van der Waals surface area (Å²) in [6.45, 7) is 3.45. The van der Waals surface area contributed by atoms with Gasteiger partial charge in [0.15, 0.2) is 5.82 Å². The van der Waals surface area contributed by atoms with Crippen molar-refractivity contribution >= 4 is 21.9 Å². The molecule has 21 heavy (non-hydrogen) atoms. The summed E-state index contributed by atoms with van der Waals surface area (Å²) < 4.78 is 15.9. The fourth-order valence-electron chi connectivity index (χ4n) is 1.83. The number of halogens is 2. The molecule has 2 aromatic rings. The van der Waals surface area contributed by atoms with Gasteiger partial charge in [0.1, 0.15) is 5.82 Å². The number of rotatable bonds is 5. The Labute approximate surface area is 129 Å². The van der Waals surface area contributed by atoms with Gasteiger partial charge in [0, 0.05) is 4.47 Å². The Hall–Kier alpha value is -1.83. The van der Waals surface area contributed by atoms with Gasteiger partial charge >= 0.3 is 5.97 Å². The second kappa shape index (κ2) is 5.88. The third-order valence-corrected chi connectivity index (χ3v) is 3.99. The number of hydrogen-bond acceptors (Lipinski definition) is 4. The van der Waals surface area contributed by atoms with Crippen LogP contribution < -0.4 is 0 Å². The van der Waals surface area contributed by atoms with E-state index in [1.807, 2.05) is 0 Å². The highest BCUT2D eigenvalue weighted by molar-refractivity contribution is 9.10. The standard InChI is InChI=1S/C13H14BrFN4O2/c1-3-13(2,12(20)21)7-19-11(16-17-18-19)9-6-8(14)4-5-10(9)15/h4-6H,3,7H2,1-2H3,(H,20,21). The van der Waals surface area contributed by atoms with E-state index in [0.29, 0.717) is 10.9 Å². The van der Waals surface area contributed by atoms with Crippen LogP contribution in [-0.4, -0.2) is 31.3 Å². The van der Waals surface area contributed by atoms with Crippen LogP contribution in [0.1, 0.15) is 20.3 Å². The number of carboxylic acids is 1. The molecule has 0 aliphatic heterocycles. The Morgan fingerprint density at radius 2 is 2.24 bits per heavy atom. The highest BCUT2D eigenvalue weighted by Crippen LogP contribution is 2.28. The van der Waals surface area contributed by atoms with Crippen molar-refractivity contribution in [3.8, 4) is 11.4 Å². The van der Waals surface area contributed by atoms with E-state index in [1.54, 1.807) is 26.0 Å². The molecule has 0 fully saturated rings. The zero-order valence-electron chi connectivity index (χ0n) is 11.5. The van der Waals surface area contributed by atoms with Crippen LogP contribution >= 0.6 is 15.9 Å². The van der Waals surface area contributed by atoms with Crippen molar-refractivity contribution in [3.05, 3.63) is 28.5 Å². The first kappa shape index (κ1) is 15.6. The zero-order chi connectivity index (χ0) is 15.6. The highest BCUT2D eigenvalue weighted by atomic mass is 79.9. The van der Waals surface area contributed by atoms with Gasteiger partial charge in [-0.05, 0) is 42.0 Å². The predicted molar refractivity (Wildman–Crippen MR) is 76.9 cm³/mol. The monoisotopic (exact) mass is 356 g/mol. The Morgan fingerprint density at radius 3 is 2.86 bits per heavy atom. The number of nitrogens with zero attached hydrogens (tertiary/aromatic N) is 4. The molecule has 1 atom stereocenters. The van der Waals surface area contributed by atoms with E-state index < -0.39 is 17.2 Å². The summed E-state index contributed by atoms with van der Waals surface area (Å²) in [4.78, 5) is 11.4. The van der Waals surface area contributed by atoms with Gasteiger partial charge < -0.3 is 5.11 Å². The number of benzene rings is 1. The first-order valence-electron chi connectivity index (χ1n) is 6.32. The third-order valence-electron chi connectivity index (χ3n) is 3.50. The molecule has 1 N–H and O–H groups in total. The SMILES string of the molecule is CCC(C)(Cn1nnnc1-c1cc(Br)ccc1F)C(=O)O. The first-order chi connectivity index (χ1) is 9.87. The molecule has 0 saturated carbocycles. The Kier molecular flexibility index (Phi) is 4.36. The Balaban J connectivity index is 2.44. The molecule has 1 aromatic heterocycles. The minimum absolute atomic E-state index is 0.0626. The van der Waals surface area contributed by atoms with Crippen molar-refractivity contribution in [1.82, 2.24) is 20.2 Å². The van der Waals surface area contributed by atoms with Gasteiger partial charge in [0.25, 0.3) is 0 Å². The smallest absolute Gasteiger partial charge is 0.311 e. The van der Waals surface area contributed by atoms with E-state index in [-0.39, 0.29) is 17.9 Å². The van der Waals surface area contributed by atoms with Crippen molar-refractivity contribution < 1.29 is 14.3 Å². The maximum absolute atomic E-state index is 13.9. The summed E-state index contributed by atoms with van der Waals surface area (Å²) in [5.41, 5.74) is -0.801. The molecule has 0 bridgehead atoms. The zero-order valence-corrected chi connectivity index (χ0v) is 13.1. The summed E-state index contributed by atoms with van der Waals surface area (Å²) in [6, 6.07) is 4.43. The van der Waals surface area contributed by atoms with Crippen molar-refractivity contribution in [2.24, 2.45) is 5.41 Å². The van der Waals surface area contributed by atoms with Crippen LogP contribution in [0.15, 0.2) is 22.7 Å². The summed E-state index contributed by atoms with van der Waals surface area (Å²) in [6.07, 6.45) is 0.405. The number of aromatic nitrogens is 4. The fourth-order valence-corrected chi connectivity index (χ4v) is 2.20. The van der Waals surface area contributed by atoms with E-state index in [4.69, 9.17) is 0 Å². The number of tetrazole rings is 1. The van der Waals surface area contributed by atoms with Gasteiger partial charge in [-0.15, -0.1) is 5.10 Å². The average molecular weight is 357 g/mol. The lowest BCUT2D eigenvalue weighted by molar-refractivity contribution is -0.149. The third kappa shape index (κ3) is 3.10. The summed E-state index contributed by atoms with van der Waals surface area (Å²) >= 11 is 3.27. The van der Waals surface area contributed by atoms with Gasteiger partial charge in [-0.25, -0.2) is 9.07 Å². The summed E-state index contributed by atoms with van der Waals surface area (Å²) in [7, 11) is 0. The molecule has 1 aromatic carbocycles. The molecule has 6 nitrogen and oxygen atoms in total. The number of carbonyl (C=O) groups is 1. The number of hydrogen-bond donors (Lipinski definition) is 1. The average Bonchev–Trinajstić information content (AvgIpc) is 2.89. The fraction of sp³-hybridized carbons (Fsp3) is 0.385. The molecule has 0 spiro atoms. The maximum atomic E-state index is 13.9. The molecule has 0 amide bonds. The first-order valence-corrected chi connectivity index (χ1v) is 7.11. The van der Waals surface area contributed by atoms with Gasteiger partial charge in [0.2, 0.25) is 0 Å². The number of carboxylic acid groups (broad SMARTS) is 1. The summed E-state index contributed by atoms with van der Waals surface area (Å²) in [5, 5.41) is 20.5. The Morgan fingerprint density at radius 1 is 1.52 bits per heavy atom. The molecule has 0 aliphatic carbocycles. The molecular formula is C13H14BrFN4O2. The van der Waals surface area contributed by atoms with E-state index in [9.17, 15) is 14.3 Å². The molecule has 112 valence electrons. The van der Waals surface area contributed by atoms with Crippen LogP contribution in [0.3, 0.4) is 0 Å². The van der Waals surface area contributed by atoms with Crippen LogP contribution in [0.25, 0.3) is 11.4 Å². The van der Waals surface area contributed by atoms with Gasteiger partial charge in [-0.3, -0.25) is 4.79 Å². The molecule has 8 heteroatoms. The van der Waals surface area contributed by atoms with Crippen LogP contribution in [0, 0.1) is 11.2 Å². The molecule has 0 aliphatic rings. The maximum Gasteiger partial charge on any atom is 0.311 e. The second-order valence-electron chi connectivity index (χ2n) is 5.00. The van der Waals surface area contributed by atoms with E-state index in [0.717, 1.165) is 0 Å². The van der Waals surface area contributed by atoms with Crippen LogP contribution in [0.5, 0.6) is 0 Å². The van der Waals surface area contributed by atoms with E-state index in [1.165, 1.54) is 10.7 Å². The van der Waals surface area contributed by atoms with E-state index in [2.05, 4.69) is 31.5 Å². The van der Waals surface area contributed by atoms with Gasteiger partial charge in [-0.1, -0.05) is 22.9 Å². The van der Waals surface area contributed by atoms with Crippen LogP contribution in [0.4, 0.5) is 4.39 Å². The van der Waals surface area contributed by atoms with Crippen molar-refractivity contribution in [3.63, 3.8) is 0 Å². The lowest BCUT2D eigenvalue weighted by atomic mass is 9.88. The topological polar surface area (TPSA) is 80.9 Å².